The number of nitrogens with one attached hydrogen (secondary N) is 1. The molecule has 3 N–H and O–H groups in total. The Balaban J connectivity index is 1.94. The molecule has 0 saturated carbocycles. The monoisotopic (exact) mass is 456 g/mol. The molecular formula is C18H21ClN4O4S2. The molecule has 0 aliphatic carbocycles. The van der Waals surface area contributed by atoms with E-state index in [0.29, 0.717) is 21.5 Å². The number of nitrogens with two attached hydrogens (primary N) is 1. The standard InChI is InChI=1S/C18H21ClN4O4S2/c1-17(2)16(20)23-18(3,9-29(17,25)26)14-10(19)8-11(28-14)15(24)22-12-6-5-7-13(21-12)27-4/h5-8H,9H2,1-4H3,(H2,20,23)(H,21,22,24). The third kappa shape index (κ3) is 3.84. The highest BCUT2D eigenvalue weighted by molar-refractivity contribution is 7.93. The van der Waals surface area contributed by atoms with Crippen LogP contribution in [0.3, 0.4) is 0 Å². The molecule has 156 valence electrons. The number of rotatable bonds is 4. The number of halogens is 1. The van der Waals surface area contributed by atoms with E-state index in [1.54, 1.807) is 25.1 Å². The molecular weight excluding hydrogens is 436 g/mol. The molecule has 0 aromatic carbocycles. The SMILES string of the molecule is COc1cccc(NC(=O)c2cc(Cl)c(C3(C)CS(=O)(=O)C(C)(C)C(N)=N3)s2)n1. The van der Waals surface area contributed by atoms with E-state index in [1.165, 1.54) is 27.0 Å². The van der Waals surface area contributed by atoms with Gasteiger partial charge >= 0.3 is 0 Å². The molecule has 8 nitrogen and oxygen atoms in total. The van der Waals surface area contributed by atoms with Gasteiger partial charge in [-0.1, -0.05) is 17.7 Å². The summed E-state index contributed by atoms with van der Waals surface area (Å²) in [5, 5.41) is 2.93. The average molecular weight is 457 g/mol. The number of ether oxygens (including phenoxy) is 1. The molecule has 11 heteroatoms. The molecule has 1 atom stereocenters. The Morgan fingerprint density at radius 1 is 1.34 bits per heavy atom. The number of hydrogen-bond donors (Lipinski definition) is 2. The van der Waals surface area contributed by atoms with E-state index in [-0.39, 0.29) is 16.6 Å². The number of nitrogens with zero attached hydrogens (tertiary/aromatic N) is 2. The molecule has 0 spiro atoms. The fourth-order valence-electron chi connectivity index (χ4n) is 2.88. The number of carbonyl (C=O) groups excluding carboxylic acids is 1. The number of amides is 1. The van der Waals surface area contributed by atoms with Crippen LogP contribution in [0.15, 0.2) is 29.3 Å². The topological polar surface area (TPSA) is 124 Å². The first-order valence-electron chi connectivity index (χ1n) is 8.60. The first-order chi connectivity index (χ1) is 13.4. The van der Waals surface area contributed by atoms with Crippen LogP contribution in [0, 0.1) is 0 Å². The number of anilines is 1. The van der Waals surface area contributed by atoms with E-state index in [9.17, 15) is 13.2 Å². The third-order valence-corrected chi connectivity index (χ3v) is 9.31. The van der Waals surface area contributed by atoms with Gasteiger partial charge in [0.25, 0.3) is 5.91 Å². The van der Waals surface area contributed by atoms with E-state index in [2.05, 4.69) is 15.3 Å². The maximum atomic E-state index is 12.8. The lowest BCUT2D eigenvalue weighted by molar-refractivity contribution is 0.103. The fraction of sp³-hybridized carbons (Fsp3) is 0.389. The summed E-state index contributed by atoms with van der Waals surface area (Å²) in [7, 11) is -2.10. The summed E-state index contributed by atoms with van der Waals surface area (Å²) in [5.74, 6) is 0.00795. The van der Waals surface area contributed by atoms with Crippen molar-refractivity contribution in [2.45, 2.75) is 31.1 Å². The van der Waals surface area contributed by atoms with Crippen molar-refractivity contribution >= 4 is 50.3 Å². The smallest absolute Gasteiger partial charge is 0.266 e. The number of amidine groups is 1. The van der Waals surface area contributed by atoms with Gasteiger partial charge in [0.2, 0.25) is 5.88 Å². The molecule has 0 radical (unpaired) electrons. The number of sulfone groups is 1. The Morgan fingerprint density at radius 3 is 2.66 bits per heavy atom. The van der Waals surface area contributed by atoms with Gasteiger partial charge < -0.3 is 15.8 Å². The van der Waals surface area contributed by atoms with Gasteiger partial charge in [0, 0.05) is 6.07 Å². The highest BCUT2D eigenvalue weighted by Gasteiger charge is 2.50. The van der Waals surface area contributed by atoms with Crippen LogP contribution in [0.5, 0.6) is 5.88 Å². The van der Waals surface area contributed by atoms with E-state index in [1.807, 2.05) is 0 Å². The van der Waals surface area contributed by atoms with E-state index >= 15 is 0 Å². The van der Waals surface area contributed by atoms with E-state index in [4.69, 9.17) is 22.1 Å². The highest BCUT2D eigenvalue weighted by Crippen LogP contribution is 2.43. The Kier molecular flexibility index (Phi) is 5.39. The minimum Gasteiger partial charge on any atom is -0.481 e. The average Bonchev–Trinajstić information content (AvgIpc) is 3.03. The van der Waals surface area contributed by atoms with Gasteiger partial charge in [0.1, 0.15) is 21.9 Å². The zero-order chi connectivity index (χ0) is 21.6. The van der Waals surface area contributed by atoms with Crippen molar-refractivity contribution in [3.8, 4) is 5.88 Å². The molecule has 2 aromatic rings. The third-order valence-electron chi connectivity index (χ3n) is 4.81. The Hall–Kier alpha value is -2.17. The maximum Gasteiger partial charge on any atom is 0.266 e. The first kappa shape index (κ1) is 21.5. The lowest BCUT2D eigenvalue weighted by atomic mass is 10.0. The van der Waals surface area contributed by atoms with Gasteiger partial charge in [-0.15, -0.1) is 11.3 Å². The Labute approximate surface area is 178 Å². The summed E-state index contributed by atoms with van der Waals surface area (Å²) >= 11 is 7.44. The minimum absolute atomic E-state index is 0.0160. The zero-order valence-electron chi connectivity index (χ0n) is 16.3. The molecule has 3 heterocycles. The van der Waals surface area contributed by atoms with Crippen molar-refractivity contribution < 1.29 is 17.9 Å². The normalized spacial score (nSPS) is 22.6. The quantitative estimate of drug-likeness (QED) is 0.728. The number of hydrogen-bond acceptors (Lipinski definition) is 8. The van der Waals surface area contributed by atoms with Crippen molar-refractivity contribution in [1.29, 1.82) is 0 Å². The van der Waals surface area contributed by atoms with Crippen molar-refractivity contribution in [3.63, 3.8) is 0 Å². The van der Waals surface area contributed by atoms with Crippen molar-refractivity contribution in [3.05, 3.63) is 39.0 Å². The molecule has 2 aromatic heterocycles. The number of aromatic nitrogens is 1. The van der Waals surface area contributed by atoms with Crippen LogP contribution >= 0.6 is 22.9 Å². The van der Waals surface area contributed by atoms with Gasteiger partial charge in [0.15, 0.2) is 9.84 Å². The number of methoxy groups -OCH3 is 1. The summed E-state index contributed by atoms with van der Waals surface area (Å²) in [5.41, 5.74) is 4.81. The van der Waals surface area contributed by atoms with Crippen molar-refractivity contribution in [2.24, 2.45) is 10.7 Å². The Morgan fingerprint density at radius 2 is 2.03 bits per heavy atom. The number of pyridine rings is 1. The number of aliphatic imine (C=N–C) groups is 1. The Bertz CT molecular complexity index is 1110. The van der Waals surface area contributed by atoms with Gasteiger partial charge in [-0.3, -0.25) is 9.79 Å². The largest absolute Gasteiger partial charge is 0.481 e. The predicted octanol–water partition coefficient (Wildman–Crippen LogP) is 2.84. The van der Waals surface area contributed by atoms with E-state index < -0.39 is 26.0 Å². The molecule has 1 aliphatic heterocycles. The predicted molar refractivity (Wildman–Crippen MR) is 115 cm³/mol. The lowest BCUT2D eigenvalue weighted by Gasteiger charge is -2.37. The van der Waals surface area contributed by atoms with Crippen LogP contribution in [-0.4, -0.2) is 42.8 Å². The molecule has 29 heavy (non-hydrogen) atoms. The van der Waals surface area contributed by atoms with Crippen LogP contribution in [-0.2, 0) is 15.4 Å². The lowest BCUT2D eigenvalue weighted by Crippen LogP contribution is -2.54. The van der Waals surface area contributed by atoms with Crippen molar-refractivity contribution in [2.75, 3.05) is 18.2 Å². The highest BCUT2D eigenvalue weighted by atomic mass is 35.5. The second kappa shape index (κ2) is 7.26. The summed E-state index contributed by atoms with van der Waals surface area (Å²) in [6.07, 6.45) is 0. The second-order valence-electron chi connectivity index (χ2n) is 7.35. The summed E-state index contributed by atoms with van der Waals surface area (Å²) in [6, 6.07) is 6.46. The van der Waals surface area contributed by atoms with Gasteiger partial charge in [-0.05, 0) is 32.9 Å². The molecule has 0 bridgehead atoms. The fourth-order valence-corrected chi connectivity index (χ4v) is 6.18. The molecule has 1 aliphatic rings. The molecule has 1 unspecified atom stereocenters. The molecule has 0 saturated heterocycles. The van der Waals surface area contributed by atoms with Crippen LogP contribution in [0.1, 0.15) is 35.3 Å². The molecule has 1 amide bonds. The summed E-state index contributed by atoms with van der Waals surface area (Å²) in [6.45, 7) is 4.70. The van der Waals surface area contributed by atoms with Crippen LogP contribution in [0.2, 0.25) is 5.02 Å². The summed E-state index contributed by atoms with van der Waals surface area (Å²) in [4.78, 5) is 22.0. The van der Waals surface area contributed by atoms with Gasteiger partial charge in [-0.25, -0.2) is 8.42 Å². The maximum absolute atomic E-state index is 12.8. The van der Waals surface area contributed by atoms with Gasteiger partial charge in [0.05, 0.1) is 27.6 Å². The van der Waals surface area contributed by atoms with Crippen LogP contribution in [0.4, 0.5) is 5.82 Å². The minimum atomic E-state index is -3.58. The number of carbonyl (C=O) groups is 1. The molecule has 0 fully saturated rings. The van der Waals surface area contributed by atoms with Crippen LogP contribution < -0.4 is 15.8 Å². The molecule has 3 rings (SSSR count). The summed E-state index contributed by atoms with van der Waals surface area (Å²) < 4.78 is 29.3. The van der Waals surface area contributed by atoms with Crippen molar-refractivity contribution in [1.82, 2.24) is 4.98 Å². The second-order valence-corrected chi connectivity index (χ2v) is 11.3. The van der Waals surface area contributed by atoms with E-state index in [0.717, 1.165) is 11.3 Å². The number of thiophene rings is 1. The van der Waals surface area contributed by atoms with Crippen LogP contribution in [0.25, 0.3) is 0 Å². The zero-order valence-corrected chi connectivity index (χ0v) is 18.7. The first-order valence-corrected chi connectivity index (χ1v) is 11.4. The van der Waals surface area contributed by atoms with Gasteiger partial charge in [-0.2, -0.15) is 4.98 Å².